The van der Waals surface area contributed by atoms with Crippen molar-refractivity contribution in [1.82, 2.24) is 10.9 Å². The van der Waals surface area contributed by atoms with Gasteiger partial charge in [-0.15, -0.1) is 0 Å². The van der Waals surface area contributed by atoms with Crippen LogP contribution in [0.2, 0.25) is 0 Å². The Morgan fingerprint density at radius 3 is 2.16 bits per heavy atom. The van der Waals surface area contributed by atoms with Crippen molar-refractivity contribution in [2.75, 3.05) is 13.2 Å². The van der Waals surface area contributed by atoms with E-state index in [0.717, 1.165) is 6.42 Å². The molecule has 0 spiro atoms. The third kappa shape index (κ3) is 7.73. The van der Waals surface area contributed by atoms with Crippen LogP contribution in [-0.2, 0) is 14.3 Å². The molecule has 0 aliphatic heterocycles. The Morgan fingerprint density at radius 1 is 1.21 bits per heavy atom. The molecule has 19 heavy (non-hydrogen) atoms. The van der Waals surface area contributed by atoms with Crippen LogP contribution in [0.4, 0.5) is 0 Å². The second kappa shape index (κ2) is 9.68. The van der Waals surface area contributed by atoms with Gasteiger partial charge in [-0.25, -0.2) is 11.7 Å². The summed E-state index contributed by atoms with van der Waals surface area (Å²) in [5.41, 5.74) is 3.72. The van der Waals surface area contributed by atoms with Crippen molar-refractivity contribution in [1.29, 1.82) is 0 Å². The summed E-state index contributed by atoms with van der Waals surface area (Å²) in [5, 5.41) is 9.71. The number of aliphatic hydroxyl groups is 1. The first-order valence-electron chi connectivity index (χ1n) is 6.19. The lowest BCUT2D eigenvalue weighted by Gasteiger charge is -2.17. The van der Waals surface area contributed by atoms with Crippen LogP contribution < -0.4 is 22.5 Å². The summed E-state index contributed by atoms with van der Waals surface area (Å²) in [4.78, 5) is 22.7. The molecular weight excluding hydrogens is 252 g/mol. The molecule has 8 heteroatoms. The molecule has 7 N–H and O–H groups in total. The topological polar surface area (TPSA) is 140 Å². The standard InChI is InChI=1S/C11H24N4O4/c1-7(2)3-4-19-6-8(16)5-9(10(17)14-12)11(18)15-13/h7-9,16H,3-6,12-13H2,1-2H3,(H,14,17)(H,15,18). The molecule has 112 valence electrons. The van der Waals surface area contributed by atoms with Gasteiger partial charge in [0.05, 0.1) is 12.7 Å². The largest absolute Gasteiger partial charge is 0.391 e. The first-order valence-corrected chi connectivity index (χ1v) is 6.19. The summed E-state index contributed by atoms with van der Waals surface area (Å²) < 4.78 is 5.26. The van der Waals surface area contributed by atoms with Gasteiger partial charge >= 0.3 is 0 Å². The van der Waals surface area contributed by atoms with E-state index < -0.39 is 23.8 Å². The number of hydrazine groups is 2. The third-order valence-electron chi connectivity index (χ3n) is 2.58. The number of hydrogen-bond donors (Lipinski definition) is 5. The summed E-state index contributed by atoms with van der Waals surface area (Å²) in [6.45, 7) is 4.70. The first kappa shape index (κ1) is 17.8. The fourth-order valence-electron chi connectivity index (χ4n) is 1.41. The van der Waals surface area contributed by atoms with E-state index in [2.05, 4.69) is 13.8 Å². The zero-order valence-corrected chi connectivity index (χ0v) is 11.4. The summed E-state index contributed by atoms with van der Waals surface area (Å²) in [6.07, 6.45) is -0.164. The molecule has 1 unspecified atom stereocenters. The fourth-order valence-corrected chi connectivity index (χ4v) is 1.41. The van der Waals surface area contributed by atoms with E-state index in [9.17, 15) is 14.7 Å². The molecule has 0 saturated carbocycles. The molecule has 0 rings (SSSR count). The van der Waals surface area contributed by atoms with Crippen LogP contribution >= 0.6 is 0 Å². The lowest BCUT2D eigenvalue weighted by atomic mass is 10.0. The number of carbonyl (C=O) groups excluding carboxylic acids is 2. The smallest absolute Gasteiger partial charge is 0.246 e. The van der Waals surface area contributed by atoms with Crippen molar-refractivity contribution in [3.05, 3.63) is 0 Å². The van der Waals surface area contributed by atoms with E-state index in [4.69, 9.17) is 16.4 Å². The van der Waals surface area contributed by atoms with Gasteiger partial charge < -0.3 is 9.84 Å². The quantitative estimate of drug-likeness (QED) is 0.113. The van der Waals surface area contributed by atoms with Crippen molar-refractivity contribution in [3.8, 4) is 0 Å². The minimum absolute atomic E-state index is 0.0545. The highest BCUT2D eigenvalue weighted by atomic mass is 16.5. The Kier molecular flexibility index (Phi) is 9.06. The molecular formula is C11H24N4O4. The molecule has 0 heterocycles. The monoisotopic (exact) mass is 276 g/mol. The van der Waals surface area contributed by atoms with Gasteiger partial charge in [0.25, 0.3) is 0 Å². The van der Waals surface area contributed by atoms with Crippen LogP contribution in [0, 0.1) is 11.8 Å². The van der Waals surface area contributed by atoms with Crippen molar-refractivity contribution < 1.29 is 19.4 Å². The Hall–Kier alpha value is -1.22. The van der Waals surface area contributed by atoms with E-state index in [-0.39, 0.29) is 13.0 Å². The second-order valence-electron chi connectivity index (χ2n) is 4.72. The normalized spacial score (nSPS) is 12.6. The van der Waals surface area contributed by atoms with Gasteiger partial charge in [-0.1, -0.05) is 13.8 Å². The van der Waals surface area contributed by atoms with Gasteiger partial charge in [0.2, 0.25) is 11.8 Å². The molecule has 2 amide bonds. The van der Waals surface area contributed by atoms with E-state index in [1.807, 2.05) is 10.9 Å². The summed E-state index contributed by atoms with van der Waals surface area (Å²) in [6, 6.07) is 0. The molecule has 8 nitrogen and oxygen atoms in total. The predicted octanol–water partition coefficient (Wildman–Crippen LogP) is -1.60. The highest BCUT2D eigenvalue weighted by Gasteiger charge is 2.28. The van der Waals surface area contributed by atoms with E-state index in [0.29, 0.717) is 12.5 Å². The molecule has 0 aliphatic rings. The maximum Gasteiger partial charge on any atom is 0.246 e. The molecule has 0 aliphatic carbocycles. The Balaban J connectivity index is 4.13. The van der Waals surface area contributed by atoms with E-state index in [1.165, 1.54) is 0 Å². The average molecular weight is 276 g/mol. The maximum absolute atomic E-state index is 11.4. The number of amides is 2. The van der Waals surface area contributed by atoms with Crippen molar-refractivity contribution >= 4 is 11.8 Å². The minimum atomic E-state index is -1.14. The molecule has 0 aromatic rings. The van der Waals surface area contributed by atoms with Gasteiger partial charge in [0, 0.05) is 6.61 Å². The molecule has 0 radical (unpaired) electrons. The van der Waals surface area contributed by atoms with Crippen LogP contribution in [0.15, 0.2) is 0 Å². The number of hydrogen-bond acceptors (Lipinski definition) is 6. The van der Waals surface area contributed by atoms with Crippen LogP contribution in [0.1, 0.15) is 26.7 Å². The number of carbonyl (C=O) groups is 2. The second-order valence-corrected chi connectivity index (χ2v) is 4.72. The Labute approximate surface area is 112 Å². The molecule has 0 aromatic heterocycles. The highest BCUT2D eigenvalue weighted by molar-refractivity contribution is 5.99. The van der Waals surface area contributed by atoms with Crippen molar-refractivity contribution in [2.24, 2.45) is 23.5 Å². The van der Waals surface area contributed by atoms with E-state index >= 15 is 0 Å². The molecule has 0 bridgehead atoms. The lowest BCUT2D eigenvalue weighted by molar-refractivity contribution is -0.137. The Bertz CT molecular complexity index is 270. The fraction of sp³-hybridized carbons (Fsp3) is 0.818. The number of nitrogens with one attached hydrogen (secondary N) is 2. The molecule has 0 saturated heterocycles. The Morgan fingerprint density at radius 2 is 1.74 bits per heavy atom. The lowest BCUT2D eigenvalue weighted by Crippen LogP contribution is -2.47. The van der Waals surface area contributed by atoms with Crippen molar-refractivity contribution in [3.63, 3.8) is 0 Å². The van der Waals surface area contributed by atoms with Gasteiger partial charge in [-0.05, 0) is 18.8 Å². The number of aliphatic hydroxyl groups excluding tert-OH is 1. The zero-order chi connectivity index (χ0) is 14.8. The van der Waals surface area contributed by atoms with Crippen LogP contribution in [0.5, 0.6) is 0 Å². The van der Waals surface area contributed by atoms with Crippen LogP contribution in [0.25, 0.3) is 0 Å². The summed E-state index contributed by atoms with van der Waals surface area (Å²) in [5.74, 6) is 7.89. The summed E-state index contributed by atoms with van der Waals surface area (Å²) >= 11 is 0. The van der Waals surface area contributed by atoms with Gasteiger partial charge in [-0.2, -0.15) is 0 Å². The van der Waals surface area contributed by atoms with Crippen molar-refractivity contribution in [2.45, 2.75) is 32.8 Å². The summed E-state index contributed by atoms with van der Waals surface area (Å²) in [7, 11) is 0. The SMILES string of the molecule is CC(C)CCOCC(O)CC(C(=O)NN)C(=O)NN. The number of rotatable bonds is 9. The number of nitrogens with two attached hydrogens (primary N) is 2. The third-order valence-corrected chi connectivity index (χ3v) is 2.58. The molecule has 1 atom stereocenters. The van der Waals surface area contributed by atoms with Crippen LogP contribution in [-0.4, -0.2) is 36.2 Å². The maximum atomic E-state index is 11.4. The first-order chi connectivity index (χ1) is 8.92. The molecule has 0 aromatic carbocycles. The predicted molar refractivity (Wildman–Crippen MR) is 69.0 cm³/mol. The number of ether oxygens (including phenoxy) is 1. The minimum Gasteiger partial charge on any atom is -0.391 e. The highest BCUT2D eigenvalue weighted by Crippen LogP contribution is 2.08. The zero-order valence-electron chi connectivity index (χ0n) is 11.4. The van der Waals surface area contributed by atoms with E-state index in [1.54, 1.807) is 0 Å². The van der Waals surface area contributed by atoms with Gasteiger partial charge in [-0.3, -0.25) is 20.4 Å². The van der Waals surface area contributed by atoms with Gasteiger partial charge in [0.1, 0.15) is 5.92 Å². The van der Waals surface area contributed by atoms with Gasteiger partial charge in [0.15, 0.2) is 0 Å². The average Bonchev–Trinajstić information content (AvgIpc) is 2.39. The van der Waals surface area contributed by atoms with Crippen LogP contribution in [0.3, 0.4) is 0 Å². The molecule has 0 fully saturated rings.